The molecule has 3 aromatic rings. The quantitative estimate of drug-likeness (QED) is 0.577. The van der Waals surface area contributed by atoms with Gasteiger partial charge in [0.15, 0.2) is 10.8 Å². The fourth-order valence-electron chi connectivity index (χ4n) is 3.21. The van der Waals surface area contributed by atoms with Crippen molar-refractivity contribution in [3.05, 3.63) is 41.2 Å². The Balaban J connectivity index is 0.00000280. The summed E-state index contributed by atoms with van der Waals surface area (Å²) in [5.74, 6) is -0.101. The van der Waals surface area contributed by atoms with Crippen molar-refractivity contribution in [2.75, 3.05) is 31.1 Å². The monoisotopic (exact) mass is 421 g/mol. The molecule has 0 bridgehead atoms. The highest BCUT2D eigenvalue weighted by atomic mass is 35.5. The Hall–Kier alpha value is -1.96. The van der Waals surface area contributed by atoms with Gasteiger partial charge in [-0.25, -0.2) is 4.98 Å². The van der Waals surface area contributed by atoms with Crippen LogP contribution in [0.15, 0.2) is 24.4 Å². The van der Waals surface area contributed by atoms with Crippen LogP contribution in [0.5, 0.6) is 0 Å². The molecule has 0 N–H and O–H groups in total. The van der Waals surface area contributed by atoms with Gasteiger partial charge in [0.1, 0.15) is 0 Å². The number of anilines is 1. The van der Waals surface area contributed by atoms with Gasteiger partial charge in [0, 0.05) is 26.3 Å². The maximum atomic E-state index is 13.2. The number of hydrogen-bond acceptors (Lipinski definition) is 5. The van der Waals surface area contributed by atoms with Crippen molar-refractivity contribution in [1.82, 2.24) is 19.7 Å². The summed E-state index contributed by atoms with van der Waals surface area (Å²) in [4.78, 5) is 22.0. The molecule has 0 saturated heterocycles. The first-order valence-electron chi connectivity index (χ1n) is 9.34. The fourth-order valence-corrected chi connectivity index (χ4v) is 4.25. The normalized spacial score (nSPS) is 11.1. The third kappa shape index (κ3) is 4.71. The van der Waals surface area contributed by atoms with Crippen LogP contribution in [-0.2, 0) is 7.05 Å². The van der Waals surface area contributed by atoms with Crippen molar-refractivity contribution in [1.29, 1.82) is 0 Å². The predicted octanol–water partition coefficient (Wildman–Crippen LogP) is 4.06. The van der Waals surface area contributed by atoms with Gasteiger partial charge in [0.25, 0.3) is 5.91 Å². The molecule has 2 aromatic heterocycles. The molecular weight excluding hydrogens is 394 g/mol. The second kappa shape index (κ2) is 9.49. The maximum Gasteiger partial charge on any atom is 0.280 e. The molecule has 0 aliphatic heterocycles. The zero-order valence-electron chi connectivity index (χ0n) is 17.1. The predicted molar refractivity (Wildman–Crippen MR) is 119 cm³/mol. The molecule has 0 aliphatic rings. The van der Waals surface area contributed by atoms with Gasteiger partial charge in [-0.15, -0.1) is 12.4 Å². The molecule has 1 amide bonds. The molecule has 152 valence electrons. The van der Waals surface area contributed by atoms with E-state index in [1.165, 1.54) is 11.1 Å². The lowest BCUT2D eigenvalue weighted by Crippen LogP contribution is -2.39. The average Bonchev–Trinajstić information content (AvgIpc) is 3.25. The van der Waals surface area contributed by atoms with Crippen LogP contribution in [0, 0.1) is 13.8 Å². The summed E-state index contributed by atoms with van der Waals surface area (Å²) in [7, 11) is 1.82. The first-order chi connectivity index (χ1) is 12.9. The van der Waals surface area contributed by atoms with Gasteiger partial charge >= 0.3 is 0 Å². The van der Waals surface area contributed by atoms with Crippen LogP contribution in [0.25, 0.3) is 10.2 Å². The van der Waals surface area contributed by atoms with Crippen LogP contribution in [0.4, 0.5) is 5.13 Å². The summed E-state index contributed by atoms with van der Waals surface area (Å²) < 4.78 is 2.79. The Kier molecular flexibility index (Phi) is 7.57. The number of aromatic nitrogens is 3. The van der Waals surface area contributed by atoms with E-state index in [0.29, 0.717) is 12.2 Å². The van der Waals surface area contributed by atoms with Gasteiger partial charge < -0.3 is 4.90 Å². The summed E-state index contributed by atoms with van der Waals surface area (Å²) in [6, 6.07) is 6.00. The number of aryl methyl sites for hydroxylation is 3. The highest BCUT2D eigenvalue weighted by molar-refractivity contribution is 7.22. The van der Waals surface area contributed by atoms with Gasteiger partial charge in [0.05, 0.1) is 10.2 Å². The molecule has 2 heterocycles. The minimum Gasteiger partial charge on any atom is -0.302 e. The average molecular weight is 422 g/mol. The van der Waals surface area contributed by atoms with Gasteiger partial charge in [-0.05, 0) is 50.2 Å². The number of carbonyl (C=O) groups is 1. The van der Waals surface area contributed by atoms with E-state index in [2.05, 4.69) is 49.8 Å². The number of rotatable bonds is 7. The number of carbonyl (C=O) groups excluding carboxylic acids is 1. The van der Waals surface area contributed by atoms with Crippen LogP contribution in [0.3, 0.4) is 0 Å². The Morgan fingerprint density at radius 3 is 2.50 bits per heavy atom. The number of thiazole rings is 1. The van der Waals surface area contributed by atoms with Crippen molar-refractivity contribution in [3.63, 3.8) is 0 Å². The summed E-state index contributed by atoms with van der Waals surface area (Å²) >= 11 is 1.58. The van der Waals surface area contributed by atoms with E-state index in [0.717, 1.165) is 35.0 Å². The van der Waals surface area contributed by atoms with Gasteiger partial charge in [-0.3, -0.25) is 14.4 Å². The van der Waals surface area contributed by atoms with Crippen molar-refractivity contribution in [3.8, 4) is 0 Å². The zero-order chi connectivity index (χ0) is 19.6. The van der Waals surface area contributed by atoms with Crippen molar-refractivity contribution < 1.29 is 4.79 Å². The molecule has 0 fully saturated rings. The largest absolute Gasteiger partial charge is 0.302 e. The number of benzene rings is 1. The molecule has 6 nitrogen and oxygen atoms in total. The first-order valence-corrected chi connectivity index (χ1v) is 10.2. The third-order valence-corrected chi connectivity index (χ3v) is 5.98. The van der Waals surface area contributed by atoms with Crippen LogP contribution in [0.1, 0.15) is 35.5 Å². The molecule has 8 heteroatoms. The molecule has 0 radical (unpaired) electrons. The summed E-state index contributed by atoms with van der Waals surface area (Å²) in [5.41, 5.74) is 3.78. The maximum absolute atomic E-state index is 13.2. The topological polar surface area (TPSA) is 54.3 Å². The lowest BCUT2D eigenvalue weighted by molar-refractivity contribution is 0.0978. The molecule has 1 aromatic carbocycles. The molecule has 0 saturated carbocycles. The Morgan fingerprint density at radius 1 is 1.18 bits per heavy atom. The van der Waals surface area contributed by atoms with E-state index in [1.54, 1.807) is 33.2 Å². The summed E-state index contributed by atoms with van der Waals surface area (Å²) in [5, 5.41) is 5.04. The van der Waals surface area contributed by atoms with E-state index < -0.39 is 0 Å². The molecule has 28 heavy (non-hydrogen) atoms. The number of likely N-dealkylation sites (N-methyl/N-ethyl adjacent to an activating group) is 1. The van der Waals surface area contributed by atoms with Crippen LogP contribution in [0.2, 0.25) is 0 Å². The number of nitrogens with zero attached hydrogens (tertiary/aromatic N) is 5. The van der Waals surface area contributed by atoms with E-state index in [1.807, 2.05) is 7.05 Å². The molecule has 0 spiro atoms. The van der Waals surface area contributed by atoms with E-state index in [-0.39, 0.29) is 18.3 Å². The Bertz CT molecular complexity index is 947. The summed E-state index contributed by atoms with van der Waals surface area (Å²) in [6.07, 6.45) is 1.79. The standard InChI is InChI=1S/C20H27N5OS.ClH/c1-6-24(7-2)10-11-25(19(26)16-8-9-23(5)22-16)20-21-17-13-14(3)12-15(4)18(17)27-20;/h8-9,12-13H,6-7,10-11H2,1-5H3;1H. The first kappa shape index (κ1) is 22.3. The number of halogens is 1. The highest BCUT2D eigenvalue weighted by Crippen LogP contribution is 2.32. The van der Waals surface area contributed by atoms with E-state index in [9.17, 15) is 4.79 Å². The van der Waals surface area contributed by atoms with Gasteiger partial charge in [-0.1, -0.05) is 31.3 Å². The van der Waals surface area contributed by atoms with Crippen molar-refractivity contribution in [2.24, 2.45) is 7.05 Å². The van der Waals surface area contributed by atoms with Gasteiger partial charge in [-0.2, -0.15) is 5.10 Å². The Morgan fingerprint density at radius 2 is 1.89 bits per heavy atom. The second-order valence-electron chi connectivity index (χ2n) is 6.78. The van der Waals surface area contributed by atoms with Crippen LogP contribution >= 0.6 is 23.7 Å². The SMILES string of the molecule is CCN(CC)CCN(C(=O)c1ccn(C)n1)c1nc2cc(C)cc(C)c2s1.Cl. The third-order valence-electron chi connectivity index (χ3n) is 4.75. The molecule has 0 atom stereocenters. The van der Waals surface area contributed by atoms with E-state index >= 15 is 0 Å². The van der Waals surface area contributed by atoms with Crippen molar-refractivity contribution >= 4 is 45.0 Å². The molecule has 3 rings (SSSR count). The number of fused-ring (bicyclic) bond motifs is 1. The summed E-state index contributed by atoms with van der Waals surface area (Å²) in [6.45, 7) is 11.8. The lowest BCUT2D eigenvalue weighted by Gasteiger charge is -2.24. The molecule has 0 unspecified atom stereocenters. The lowest BCUT2D eigenvalue weighted by atomic mass is 10.1. The van der Waals surface area contributed by atoms with Gasteiger partial charge in [0.2, 0.25) is 0 Å². The van der Waals surface area contributed by atoms with E-state index in [4.69, 9.17) is 4.98 Å². The molecule has 0 aliphatic carbocycles. The number of amides is 1. The van der Waals surface area contributed by atoms with Crippen LogP contribution in [-0.4, -0.2) is 51.8 Å². The highest BCUT2D eigenvalue weighted by Gasteiger charge is 2.24. The molecular formula is C20H28ClN5OS. The zero-order valence-corrected chi connectivity index (χ0v) is 18.7. The second-order valence-corrected chi connectivity index (χ2v) is 7.76. The Labute approximate surface area is 176 Å². The smallest absolute Gasteiger partial charge is 0.280 e. The minimum atomic E-state index is -0.101. The minimum absolute atomic E-state index is 0. The van der Waals surface area contributed by atoms with Crippen LogP contribution < -0.4 is 4.90 Å². The number of hydrogen-bond donors (Lipinski definition) is 0. The van der Waals surface area contributed by atoms with Crippen molar-refractivity contribution in [2.45, 2.75) is 27.7 Å². The fraction of sp³-hybridized carbons (Fsp3) is 0.450.